The molecule has 2 nitrogen and oxygen atoms in total. The van der Waals surface area contributed by atoms with Crippen molar-refractivity contribution in [3.8, 4) is 6.07 Å². The molecule has 1 aromatic carbocycles. The first-order valence-corrected chi connectivity index (χ1v) is 4.67. The van der Waals surface area contributed by atoms with Gasteiger partial charge in [-0.25, -0.2) is 8.78 Å². The third-order valence-corrected chi connectivity index (χ3v) is 2.00. The molecule has 0 spiro atoms. The van der Waals surface area contributed by atoms with E-state index in [2.05, 4.69) is 11.4 Å². The van der Waals surface area contributed by atoms with Crippen LogP contribution >= 0.6 is 0 Å². The molecule has 0 aliphatic carbocycles. The van der Waals surface area contributed by atoms with Gasteiger partial charge in [-0.2, -0.15) is 5.26 Å². The lowest BCUT2D eigenvalue weighted by atomic mass is 10.0. The van der Waals surface area contributed by atoms with Crippen LogP contribution in [0.4, 0.5) is 8.78 Å². The highest BCUT2D eigenvalue weighted by Gasteiger charge is 2.10. The molecule has 1 rings (SSSR count). The van der Waals surface area contributed by atoms with Crippen molar-refractivity contribution >= 4 is 0 Å². The summed E-state index contributed by atoms with van der Waals surface area (Å²) in [5.74, 6) is -0.370. The molecule has 0 aliphatic heterocycles. The van der Waals surface area contributed by atoms with Crippen molar-refractivity contribution < 1.29 is 8.78 Å². The number of hydrogen-bond acceptors (Lipinski definition) is 2. The van der Waals surface area contributed by atoms with Crippen LogP contribution in [0, 0.1) is 11.3 Å². The third-order valence-electron chi connectivity index (χ3n) is 2.00. The van der Waals surface area contributed by atoms with Gasteiger partial charge in [-0.3, -0.25) is 0 Å². The Labute approximate surface area is 87.5 Å². The highest BCUT2D eigenvalue weighted by Crippen LogP contribution is 2.12. The Morgan fingerprint density at radius 3 is 2.40 bits per heavy atom. The van der Waals surface area contributed by atoms with E-state index >= 15 is 0 Å². The van der Waals surface area contributed by atoms with E-state index in [1.807, 2.05) is 30.3 Å². The molecular formula is C11H12F2N2. The van der Waals surface area contributed by atoms with Crippen molar-refractivity contribution in [2.75, 3.05) is 13.1 Å². The fourth-order valence-electron chi connectivity index (χ4n) is 1.26. The average molecular weight is 210 g/mol. The van der Waals surface area contributed by atoms with Crippen molar-refractivity contribution in [2.45, 2.75) is 12.3 Å². The number of alkyl halides is 2. The second-order valence-corrected chi connectivity index (χ2v) is 3.14. The zero-order valence-electron chi connectivity index (χ0n) is 8.16. The molecule has 0 radical (unpaired) electrons. The monoisotopic (exact) mass is 210 g/mol. The Hall–Kier alpha value is -1.47. The van der Waals surface area contributed by atoms with Crippen LogP contribution in [-0.2, 0) is 0 Å². The van der Waals surface area contributed by atoms with Crippen LogP contribution < -0.4 is 5.32 Å². The summed E-state index contributed by atoms with van der Waals surface area (Å²) in [5.41, 5.74) is 0.849. The highest BCUT2D eigenvalue weighted by molar-refractivity contribution is 5.24. The lowest BCUT2D eigenvalue weighted by Gasteiger charge is -2.10. The number of hydrogen-bond donors (Lipinski definition) is 1. The van der Waals surface area contributed by atoms with E-state index in [1.54, 1.807) is 0 Å². The predicted molar refractivity (Wildman–Crippen MR) is 53.7 cm³/mol. The SMILES string of the molecule is N#CC(CNCC(F)F)c1ccccc1. The van der Waals surface area contributed by atoms with Gasteiger partial charge in [0.25, 0.3) is 6.43 Å². The van der Waals surface area contributed by atoms with E-state index in [4.69, 9.17) is 5.26 Å². The fourth-order valence-corrected chi connectivity index (χ4v) is 1.26. The summed E-state index contributed by atoms with van der Waals surface area (Å²) in [6.07, 6.45) is -2.37. The molecule has 80 valence electrons. The zero-order valence-corrected chi connectivity index (χ0v) is 8.16. The van der Waals surface area contributed by atoms with Gasteiger partial charge < -0.3 is 5.32 Å². The molecule has 1 aromatic rings. The lowest BCUT2D eigenvalue weighted by Crippen LogP contribution is -2.26. The number of benzene rings is 1. The maximum absolute atomic E-state index is 11.8. The smallest absolute Gasteiger partial charge is 0.250 e. The Morgan fingerprint density at radius 1 is 1.20 bits per heavy atom. The van der Waals surface area contributed by atoms with Crippen LogP contribution in [0.5, 0.6) is 0 Å². The van der Waals surface area contributed by atoms with Crippen LogP contribution in [0.1, 0.15) is 11.5 Å². The van der Waals surface area contributed by atoms with Crippen molar-refractivity contribution in [1.29, 1.82) is 5.26 Å². The predicted octanol–water partition coefficient (Wildman–Crippen LogP) is 2.15. The summed E-state index contributed by atoms with van der Waals surface area (Å²) in [6.45, 7) is -0.115. The molecule has 1 N–H and O–H groups in total. The molecule has 0 fully saturated rings. The molecule has 0 saturated carbocycles. The van der Waals surface area contributed by atoms with Gasteiger partial charge in [-0.15, -0.1) is 0 Å². The molecule has 15 heavy (non-hydrogen) atoms. The Bertz CT molecular complexity index is 319. The second-order valence-electron chi connectivity index (χ2n) is 3.14. The van der Waals surface area contributed by atoms with Crippen LogP contribution in [-0.4, -0.2) is 19.5 Å². The van der Waals surface area contributed by atoms with Crippen LogP contribution in [0.25, 0.3) is 0 Å². The van der Waals surface area contributed by atoms with Gasteiger partial charge in [0.15, 0.2) is 0 Å². The minimum atomic E-state index is -2.37. The van der Waals surface area contributed by atoms with E-state index in [0.717, 1.165) is 5.56 Å². The minimum absolute atomic E-state index is 0.255. The van der Waals surface area contributed by atoms with E-state index in [0.29, 0.717) is 0 Å². The molecule has 1 unspecified atom stereocenters. The van der Waals surface area contributed by atoms with E-state index in [-0.39, 0.29) is 19.0 Å². The van der Waals surface area contributed by atoms with Crippen molar-refractivity contribution in [3.63, 3.8) is 0 Å². The molecule has 0 aliphatic rings. The first kappa shape index (κ1) is 11.6. The van der Waals surface area contributed by atoms with Gasteiger partial charge in [0.2, 0.25) is 0 Å². The van der Waals surface area contributed by atoms with Gasteiger partial charge in [0.05, 0.1) is 18.5 Å². The number of rotatable bonds is 5. The van der Waals surface area contributed by atoms with Gasteiger partial charge in [-0.05, 0) is 5.56 Å². The standard InChI is InChI=1S/C11H12F2N2/c12-11(13)8-15-7-10(6-14)9-4-2-1-3-5-9/h1-5,10-11,15H,7-8H2. The number of nitrogens with one attached hydrogen (secondary N) is 1. The summed E-state index contributed by atoms with van der Waals surface area (Å²) in [7, 11) is 0. The molecule has 0 amide bonds. The normalized spacial score (nSPS) is 12.4. The van der Waals surface area contributed by atoms with Gasteiger partial charge in [0, 0.05) is 6.54 Å². The van der Waals surface area contributed by atoms with Gasteiger partial charge in [-0.1, -0.05) is 30.3 Å². The number of nitriles is 1. The van der Waals surface area contributed by atoms with Gasteiger partial charge >= 0.3 is 0 Å². The zero-order chi connectivity index (χ0) is 11.1. The largest absolute Gasteiger partial charge is 0.310 e. The highest BCUT2D eigenvalue weighted by atomic mass is 19.3. The molecule has 1 atom stereocenters. The Morgan fingerprint density at radius 2 is 1.87 bits per heavy atom. The lowest BCUT2D eigenvalue weighted by molar-refractivity contribution is 0.146. The van der Waals surface area contributed by atoms with Crippen molar-refractivity contribution in [1.82, 2.24) is 5.32 Å². The first-order valence-electron chi connectivity index (χ1n) is 4.67. The molecule has 0 saturated heterocycles. The third kappa shape index (κ3) is 4.05. The van der Waals surface area contributed by atoms with E-state index < -0.39 is 6.43 Å². The maximum atomic E-state index is 11.8. The van der Waals surface area contributed by atoms with E-state index in [1.165, 1.54) is 0 Å². The molecule has 0 bridgehead atoms. The number of nitrogens with zero attached hydrogens (tertiary/aromatic N) is 1. The summed E-state index contributed by atoms with van der Waals surface area (Å²) < 4.78 is 23.7. The van der Waals surface area contributed by atoms with Crippen LogP contribution in [0.2, 0.25) is 0 Å². The van der Waals surface area contributed by atoms with Crippen LogP contribution in [0.15, 0.2) is 30.3 Å². The van der Waals surface area contributed by atoms with E-state index in [9.17, 15) is 8.78 Å². The first-order chi connectivity index (χ1) is 7.24. The molecular weight excluding hydrogens is 198 g/mol. The topological polar surface area (TPSA) is 35.8 Å². The summed E-state index contributed by atoms with van der Waals surface area (Å²) in [6, 6.07) is 11.2. The Kier molecular flexibility index (Phi) is 4.72. The number of halogens is 2. The average Bonchev–Trinajstić information content (AvgIpc) is 2.25. The van der Waals surface area contributed by atoms with Crippen molar-refractivity contribution in [2.24, 2.45) is 0 Å². The fraction of sp³-hybridized carbons (Fsp3) is 0.364. The van der Waals surface area contributed by atoms with Crippen LogP contribution in [0.3, 0.4) is 0 Å². The summed E-state index contributed by atoms with van der Waals surface area (Å²) >= 11 is 0. The summed E-state index contributed by atoms with van der Waals surface area (Å²) in [4.78, 5) is 0. The van der Waals surface area contributed by atoms with Crippen molar-refractivity contribution in [3.05, 3.63) is 35.9 Å². The maximum Gasteiger partial charge on any atom is 0.250 e. The quantitative estimate of drug-likeness (QED) is 0.808. The minimum Gasteiger partial charge on any atom is -0.310 e. The molecule has 4 heteroatoms. The van der Waals surface area contributed by atoms with Gasteiger partial charge in [0.1, 0.15) is 0 Å². The Balaban J connectivity index is 2.48. The molecule has 0 aromatic heterocycles. The summed E-state index contributed by atoms with van der Waals surface area (Å²) in [5, 5.41) is 11.4. The second kappa shape index (κ2) is 6.10. The molecule has 0 heterocycles.